The van der Waals surface area contributed by atoms with Crippen molar-refractivity contribution >= 4 is 29.3 Å². The number of benzene rings is 1. The van der Waals surface area contributed by atoms with Gasteiger partial charge < -0.3 is 20.3 Å². The summed E-state index contributed by atoms with van der Waals surface area (Å²) in [5.74, 6) is -0.712. The molecule has 9 nitrogen and oxygen atoms in total. The van der Waals surface area contributed by atoms with Crippen LogP contribution < -0.4 is 16.0 Å². The number of ether oxygens (including phenoxy) is 1. The lowest BCUT2D eigenvalue weighted by Gasteiger charge is -2.20. The van der Waals surface area contributed by atoms with E-state index >= 15 is 0 Å². The van der Waals surface area contributed by atoms with Crippen molar-refractivity contribution in [3.8, 4) is 0 Å². The van der Waals surface area contributed by atoms with Gasteiger partial charge in [-0.15, -0.1) is 0 Å². The van der Waals surface area contributed by atoms with Crippen LogP contribution in [0.4, 0.5) is 16.2 Å². The molecular formula is C23H31N5O4. The van der Waals surface area contributed by atoms with Crippen LogP contribution in [0.5, 0.6) is 0 Å². The van der Waals surface area contributed by atoms with Crippen molar-refractivity contribution in [1.29, 1.82) is 0 Å². The zero-order valence-electron chi connectivity index (χ0n) is 19.2. The topological polar surface area (TPSA) is 113 Å². The Morgan fingerprint density at radius 2 is 1.62 bits per heavy atom. The fourth-order valence-electron chi connectivity index (χ4n) is 2.66. The number of rotatable bonds is 8. The summed E-state index contributed by atoms with van der Waals surface area (Å²) in [6.07, 6.45) is 1.57. The predicted molar refractivity (Wildman–Crippen MR) is 124 cm³/mol. The Bertz CT molecular complexity index is 936. The van der Waals surface area contributed by atoms with Crippen LogP contribution in [0.15, 0.2) is 42.6 Å². The third kappa shape index (κ3) is 8.35. The van der Waals surface area contributed by atoms with Gasteiger partial charge in [-0.1, -0.05) is 12.1 Å². The fourth-order valence-corrected chi connectivity index (χ4v) is 2.66. The maximum Gasteiger partial charge on any atom is 0.412 e. The summed E-state index contributed by atoms with van der Waals surface area (Å²) < 4.78 is 5.25. The Hall–Kier alpha value is -3.46. The maximum absolute atomic E-state index is 12.6. The van der Waals surface area contributed by atoms with Crippen LogP contribution in [0.25, 0.3) is 0 Å². The molecular weight excluding hydrogens is 410 g/mol. The highest BCUT2D eigenvalue weighted by Crippen LogP contribution is 2.22. The molecule has 2 aromatic rings. The summed E-state index contributed by atoms with van der Waals surface area (Å²) >= 11 is 0. The number of pyridine rings is 1. The van der Waals surface area contributed by atoms with E-state index in [0.29, 0.717) is 23.5 Å². The zero-order chi connectivity index (χ0) is 23.7. The van der Waals surface area contributed by atoms with Crippen molar-refractivity contribution in [2.75, 3.05) is 37.8 Å². The van der Waals surface area contributed by atoms with Crippen molar-refractivity contribution < 1.29 is 19.1 Å². The van der Waals surface area contributed by atoms with Gasteiger partial charge in [-0.2, -0.15) is 0 Å². The lowest BCUT2D eigenvalue weighted by Crippen LogP contribution is -2.28. The SMILES string of the molecule is CN(C)CCCNC(=O)c1ccc(C(=O)Nc2ccccc2NC(=O)OC(C)(C)C)nc1. The minimum absolute atomic E-state index is 0.140. The highest BCUT2D eigenvalue weighted by Gasteiger charge is 2.18. The van der Waals surface area contributed by atoms with Crippen LogP contribution in [0, 0.1) is 0 Å². The Morgan fingerprint density at radius 1 is 0.969 bits per heavy atom. The number of aromatic nitrogens is 1. The first-order chi connectivity index (χ1) is 15.0. The average Bonchev–Trinajstić information content (AvgIpc) is 2.71. The molecule has 0 bridgehead atoms. The molecule has 0 spiro atoms. The number of carbonyl (C=O) groups excluding carboxylic acids is 3. The van der Waals surface area contributed by atoms with Crippen molar-refractivity contribution in [3.63, 3.8) is 0 Å². The van der Waals surface area contributed by atoms with Crippen LogP contribution in [0.3, 0.4) is 0 Å². The van der Waals surface area contributed by atoms with E-state index in [1.54, 1.807) is 51.1 Å². The number of carbonyl (C=O) groups is 3. The first-order valence-corrected chi connectivity index (χ1v) is 10.3. The molecule has 3 amide bonds. The van der Waals surface area contributed by atoms with Crippen molar-refractivity contribution in [2.45, 2.75) is 32.8 Å². The lowest BCUT2D eigenvalue weighted by atomic mass is 10.2. The third-order valence-corrected chi connectivity index (χ3v) is 4.14. The quantitative estimate of drug-likeness (QED) is 0.542. The monoisotopic (exact) mass is 441 g/mol. The van der Waals surface area contributed by atoms with Crippen LogP contribution in [-0.4, -0.2) is 60.6 Å². The number of nitrogens with zero attached hydrogens (tertiary/aromatic N) is 2. The van der Waals surface area contributed by atoms with Gasteiger partial charge in [0.25, 0.3) is 11.8 Å². The van der Waals surface area contributed by atoms with E-state index in [9.17, 15) is 14.4 Å². The van der Waals surface area contributed by atoms with E-state index < -0.39 is 17.6 Å². The van der Waals surface area contributed by atoms with Gasteiger partial charge >= 0.3 is 6.09 Å². The molecule has 172 valence electrons. The van der Waals surface area contributed by atoms with Gasteiger partial charge in [0.2, 0.25) is 0 Å². The molecule has 32 heavy (non-hydrogen) atoms. The van der Waals surface area contributed by atoms with Crippen molar-refractivity contribution in [3.05, 3.63) is 53.9 Å². The van der Waals surface area contributed by atoms with Gasteiger partial charge in [0.05, 0.1) is 16.9 Å². The summed E-state index contributed by atoms with van der Waals surface area (Å²) in [5.41, 5.74) is 0.656. The molecule has 0 aliphatic rings. The first kappa shape index (κ1) is 24.8. The Balaban J connectivity index is 1.98. The van der Waals surface area contributed by atoms with Gasteiger partial charge in [-0.25, -0.2) is 4.79 Å². The summed E-state index contributed by atoms with van der Waals surface area (Å²) in [4.78, 5) is 43.0. The summed E-state index contributed by atoms with van der Waals surface area (Å²) in [7, 11) is 3.95. The molecule has 0 atom stereocenters. The number of anilines is 2. The molecule has 0 saturated heterocycles. The second kappa shape index (κ2) is 11.2. The number of hydrogen-bond acceptors (Lipinski definition) is 6. The molecule has 0 unspecified atom stereocenters. The summed E-state index contributed by atoms with van der Waals surface area (Å²) in [5, 5.41) is 8.17. The Morgan fingerprint density at radius 3 is 2.19 bits per heavy atom. The molecule has 0 saturated carbocycles. The second-order valence-corrected chi connectivity index (χ2v) is 8.47. The highest BCUT2D eigenvalue weighted by molar-refractivity contribution is 6.06. The molecule has 0 radical (unpaired) electrons. The van der Waals surface area contributed by atoms with Gasteiger partial charge in [-0.3, -0.25) is 19.9 Å². The van der Waals surface area contributed by atoms with E-state index in [4.69, 9.17) is 4.74 Å². The van der Waals surface area contributed by atoms with Crippen molar-refractivity contribution in [2.24, 2.45) is 0 Å². The predicted octanol–water partition coefficient (Wildman–Crippen LogP) is 3.36. The Labute approximate surface area is 188 Å². The van der Waals surface area contributed by atoms with E-state index in [1.165, 1.54) is 12.3 Å². The molecule has 0 aliphatic heterocycles. The molecule has 1 aromatic carbocycles. The van der Waals surface area contributed by atoms with Crippen LogP contribution in [-0.2, 0) is 4.74 Å². The van der Waals surface area contributed by atoms with Crippen LogP contribution >= 0.6 is 0 Å². The maximum atomic E-state index is 12.6. The van der Waals surface area contributed by atoms with Gasteiger partial charge in [-0.05, 0) is 72.1 Å². The standard InChI is InChI=1S/C23H31N5O4/c1-23(2,3)32-22(31)27-18-10-7-6-9-17(18)26-21(30)19-12-11-16(15-25-19)20(29)24-13-8-14-28(4)5/h6-7,9-12,15H,8,13-14H2,1-5H3,(H,24,29)(H,26,30)(H,27,31). The fraction of sp³-hybridized carbons (Fsp3) is 0.391. The highest BCUT2D eigenvalue weighted by atomic mass is 16.6. The number of amides is 3. The molecule has 0 fully saturated rings. The molecule has 1 heterocycles. The number of hydrogen-bond donors (Lipinski definition) is 3. The van der Waals surface area contributed by atoms with Gasteiger partial charge in [0.1, 0.15) is 11.3 Å². The largest absolute Gasteiger partial charge is 0.444 e. The number of para-hydroxylation sites is 2. The summed E-state index contributed by atoms with van der Waals surface area (Å²) in [6.45, 7) is 6.72. The van der Waals surface area contributed by atoms with E-state index in [1.807, 2.05) is 19.0 Å². The molecule has 9 heteroatoms. The molecule has 2 rings (SSSR count). The summed E-state index contributed by atoms with van der Waals surface area (Å²) in [6, 6.07) is 9.79. The first-order valence-electron chi connectivity index (χ1n) is 10.3. The van der Waals surface area contributed by atoms with Gasteiger partial charge in [0.15, 0.2) is 0 Å². The van der Waals surface area contributed by atoms with E-state index in [2.05, 4.69) is 20.9 Å². The lowest BCUT2D eigenvalue weighted by molar-refractivity contribution is 0.0635. The van der Waals surface area contributed by atoms with Crippen LogP contribution in [0.2, 0.25) is 0 Å². The van der Waals surface area contributed by atoms with Crippen LogP contribution in [0.1, 0.15) is 48.0 Å². The second-order valence-electron chi connectivity index (χ2n) is 8.47. The van der Waals surface area contributed by atoms with Crippen molar-refractivity contribution in [1.82, 2.24) is 15.2 Å². The minimum atomic E-state index is -0.646. The average molecular weight is 442 g/mol. The van der Waals surface area contributed by atoms with E-state index in [-0.39, 0.29) is 11.6 Å². The number of nitrogens with one attached hydrogen (secondary N) is 3. The van der Waals surface area contributed by atoms with E-state index in [0.717, 1.165) is 13.0 Å². The minimum Gasteiger partial charge on any atom is -0.444 e. The van der Waals surface area contributed by atoms with Gasteiger partial charge in [0, 0.05) is 12.7 Å². The smallest absolute Gasteiger partial charge is 0.412 e. The normalized spacial score (nSPS) is 11.1. The molecule has 3 N–H and O–H groups in total. The third-order valence-electron chi connectivity index (χ3n) is 4.14. The zero-order valence-corrected chi connectivity index (χ0v) is 19.2. The Kier molecular flexibility index (Phi) is 8.71. The molecule has 0 aliphatic carbocycles. The molecule has 1 aromatic heterocycles.